The van der Waals surface area contributed by atoms with Crippen molar-refractivity contribution in [3.63, 3.8) is 0 Å². The summed E-state index contributed by atoms with van der Waals surface area (Å²) in [7, 11) is -3.57. The van der Waals surface area contributed by atoms with Gasteiger partial charge in [-0.3, -0.25) is 10.1 Å². The Balaban J connectivity index is 1.60. The molecule has 0 amide bonds. The molecule has 0 bridgehead atoms. The minimum absolute atomic E-state index is 0.104. The summed E-state index contributed by atoms with van der Waals surface area (Å²) in [6.07, 6.45) is 2.48. The molecule has 0 spiro atoms. The lowest BCUT2D eigenvalue weighted by Gasteiger charge is -2.32. The van der Waals surface area contributed by atoms with Gasteiger partial charge in [-0.05, 0) is 37.1 Å². The number of nitro groups is 1. The van der Waals surface area contributed by atoms with Gasteiger partial charge in [-0.25, -0.2) is 12.8 Å². The maximum Gasteiger partial charge on any atom is 0.293 e. The number of anilines is 1. The van der Waals surface area contributed by atoms with Crippen molar-refractivity contribution in [1.82, 2.24) is 10.1 Å². The molecule has 3 aromatic rings. The fraction of sp³-hybridized carbons (Fsp3) is 0.300. The largest absolute Gasteiger partial charge is 0.365 e. The molecule has 11 heteroatoms. The number of hydrogen-bond acceptors (Lipinski definition) is 8. The van der Waals surface area contributed by atoms with E-state index in [2.05, 4.69) is 10.1 Å². The van der Waals surface area contributed by atoms with Crippen molar-refractivity contribution in [2.75, 3.05) is 24.2 Å². The summed E-state index contributed by atoms with van der Waals surface area (Å²) in [5.74, 6) is 0.0739. The molecular weight excluding hydrogens is 427 g/mol. The zero-order chi connectivity index (χ0) is 22.2. The topological polar surface area (TPSA) is 119 Å². The van der Waals surface area contributed by atoms with Crippen LogP contribution in [0.5, 0.6) is 0 Å². The normalized spacial score (nSPS) is 17.0. The summed E-state index contributed by atoms with van der Waals surface area (Å²) in [6, 6.07) is 9.79. The highest BCUT2D eigenvalue weighted by Gasteiger charge is 2.30. The maximum absolute atomic E-state index is 13.5. The van der Waals surface area contributed by atoms with Crippen LogP contribution < -0.4 is 4.90 Å². The molecule has 1 saturated heterocycles. The first-order valence-electron chi connectivity index (χ1n) is 9.55. The van der Waals surface area contributed by atoms with Gasteiger partial charge < -0.3 is 9.42 Å². The molecule has 9 nitrogen and oxygen atoms in total. The first-order valence-corrected chi connectivity index (χ1v) is 11.4. The summed E-state index contributed by atoms with van der Waals surface area (Å²) in [5.41, 5.74) is 0.566. The molecule has 0 N–H and O–H groups in total. The van der Waals surface area contributed by atoms with Gasteiger partial charge in [0.2, 0.25) is 11.7 Å². The van der Waals surface area contributed by atoms with Gasteiger partial charge in [0.15, 0.2) is 9.84 Å². The summed E-state index contributed by atoms with van der Waals surface area (Å²) >= 11 is 0. The molecule has 0 aliphatic carbocycles. The van der Waals surface area contributed by atoms with E-state index in [0.717, 1.165) is 25.2 Å². The fourth-order valence-corrected chi connectivity index (χ4v) is 4.33. The Labute approximate surface area is 177 Å². The number of hydrogen-bond donors (Lipinski definition) is 0. The van der Waals surface area contributed by atoms with E-state index in [9.17, 15) is 22.9 Å². The fourth-order valence-electron chi connectivity index (χ4n) is 3.69. The second-order valence-corrected chi connectivity index (χ2v) is 9.45. The van der Waals surface area contributed by atoms with Crippen LogP contribution in [-0.2, 0) is 9.84 Å². The van der Waals surface area contributed by atoms with E-state index in [4.69, 9.17) is 4.52 Å². The van der Waals surface area contributed by atoms with Crippen LogP contribution in [0.2, 0.25) is 0 Å². The number of nitrogens with zero attached hydrogens (tertiary/aromatic N) is 4. The second-order valence-electron chi connectivity index (χ2n) is 7.43. The van der Waals surface area contributed by atoms with Gasteiger partial charge in [0.25, 0.3) is 5.69 Å². The SMILES string of the molecule is CS(=O)(=O)c1ccc(N2CCCC(c3nc(-c4cccc(F)c4)no3)C2)c([N+](=O)[O-])c1. The molecule has 31 heavy (non-hydrogen) atoms. The van der Waals surface area contributed by atoms with E-state index in [1.165, 1.54) is 24.3 Å². The standard InChI is InChI=1S/C20H19FN4O5S/c1-31(28,29)16-7-8-17(18(11-16)25(26)27)24-9-3-5-14(12-24)20-22-19(23-30-20)13-4-2-6-15(21)10-13/h2,4,6-8,10-11,14H,3,5,9,12H2,1H3. The first kappa shape index (κ1) is 20.9. The lowest BCUT2D eigenvalue weighted by atomic mass is 9.97. The van der Waals surface area contributed by atoms with Crippen LogP contribution in [0.3, 0.4) is 0 Å². The zero-order valence-electron chi connectivity index (χ0n) is 16.6. The summed E-state index contributed by atoms with van der Waals surface area (Å²) < 4.78 is 42.4. The third kappa shape index (κ3) is 4.41. The van der Waals surface area contributed by atoms with Crippen LogP contribution in [0.15, 0.2) is 51.9 Å². The summed E-state index contributed by atoms with van der Waals surface area (Å²) in [6.45, 7) is 0.963. The first-order chi connectivity index (χ1) is 14.7. The molecule has 4 rings (SSSR count). The highest BCUT2D eigenvalue weighted by molar-refractivity contribution is 7.90. The number of nitro benzene ring substituents is 1. The minimum Gasteiger partial charge on any atom is -0.365 e. The van der Waals surface area contributed by atoms with Crippen molar-refractivity contribution in [2.24, 2.45) is 0 Å². The predicted octanol–water partition coefficient (Wildman–Crippen LogP) is 3.57. The molecular formula is C20H19FN4O5S. The summed E-state index contributed by atoms with van der Waals surface area (Å²) in [4.78, 5) is 17.1. The van der Waals surface area contributed by atoms with E-state index in [-0.39, 0.29) is 22.3 Å². The average Bonchev–Trinajstić information content (AvgIpc) is 3.23. The lowest BCUT2D eigenvalue weighted by molar-refractivity contribution is -0.384. The lowest BCUT2D eigenvalue weighted by Crippen LogP contribution is -2.35. The number of piperidine rings is 1. The van der Waals surface area contributed by atoms with Gasteiger partial charge >= 0.3 is 0 Å². The van der Waals surface area contributed by atoms with Crippen molar-refractivity contribution in [1.29, 1.82) is 0 Å². The molecule has 1 unspecified atom stereocenters. The van der Waals surface area contributed by atoms with Crippen molar-refractivity contribution in [3.8, 4) is 11.4 Å². The number of rotatable bonds is 5. The molecule has 0 radical (unpaired) electrons. The molecule has 2 aromatic carbocycles. The van der Waals surface area contributed by atoms with Crippen LogP contribution in [0, 0.1) is 15.9 Å². The van der Waals surface area contributed by atoms with Crippen LogP contribution in [-0.4, -0.2) is 42.8 Å². The number of sulfone groups is 1. The zero-order valence-corrected chi connectivity index (χ0v) is 17.4. The van der Waals surface area contributed by atoms with E-state index < -0.39 is 20.6 Å². The minimum atomic E-state index is -3.57. The van der Waals surface area contributed by atoms with Gasteiger partial charge in [0.1, 0.15) is 11.5 Å². The monoisotopic (exact) mass is 446 g/mol. The van der Waals surface area contributed by atoms with Crippen molar-refractivity contribution in [2.45, 2.75) is 23.7 Å². The van der Waals surface area contributed by atoms with Crippen molar-refractivity contribution in [3.05, 3.63) is 64.3 Å². The van der Waals surface area contributed by atoms with E-state index >= 15 is 0 Å². The van der Waals surface area contributed by atoms with Crippen LogP contribution in [0.4, 0.5) is 15.8 Å². The molecule has 1 aliphatic rings. The Kier molecular flexibility index (Phi) is 5.44. The van der Waals surface area contributed by atoms with Crippen LogP contribution >= 0.6 is 0 Å². The van der Waals surface area contributed by atoms with Crippen molar-refractivity contribution < 1.29 is 22.3 Å². The van der Waals surface area contributed by atoms with Gasteiger partial charge in [-0.2, -0.15) is 4.98 Å². The molecule has 2 heterocycles. The quantitative estimate of drug-likeness (QED) is 0.431. The third-order valence-electron chi connectivity index (χ3n) is 5.21. The summed E-state index contributed by atoms with van der Waals surface area (Å²) in [5, 5.41) is 15.5. The van der Waals surface area contributed by atoms with Gasteiger partial charge in [-0.15, -0.1) is 0 Å². The van der Waals surface area contributed by atoms with Gasteiger partial charge in [0, 0.05) is 31.0 Å². The predicted molar refractivity (Wildman–Crippen MR) is 110 cm³/mol. The molecule has 1 aliphatic heterocycles. The number of benzene rings is 2. The van der Waals surface area contributed by atoms with Crippen LogP contribution in [0.25, 0.3) is 11.4 Å². The Morgan fingerprint density at radius 2 is 2.06 bits per heavy atom. The van der Waals surface area contributed by atoms with Crippen LogP contribution in [0.1, 0.15) is 24.7 Å². The maximum atomic E-state index is 13.5. The Hall–Kier alpha value is -3.34. The molecule has 162 valence electrons. The smallest absolute Gasteiger partial charge is 0.293 e. The van der Waals surface area contributed by atoms with E-state index in [1.54, 1.807) is 12.1 Å². The average molecular weight is 446 g/mol. The van der Waals surface area contributed by atoms with E-state index in [1.807, 2.05) is 4.90 Å². The number of aromatic nitrogens is 2. The van der Waals surface area contributed by atoms with Gasteiger partial charge in [-0.1, -0.05) is 17.3 Å². The Morgan fingerprint density at radius 3 is 2.77 bits per heavy atom. The second kappa shape index (κ2) is 8.06. The third-order valence-corrected chi connectivity index (χ3v) is 6.32. The number of halogens is 1. The Bertz CT molecular complexity index is 1240. The Morgan fingerprint density at radius 1 is 1.26 bits per heavy atom. The molecule has 1 aromatic heterocycles. The van der Waals surface area contributed by atoms with Gasteiger partial charge in [0.05, 0.1) is 15.7 Å². The van der Waals surface area contributed by atoms with Crippen molar-refractivity contribution >= 4 is 21.2 Å². The highest BCUT2D eigenvalue weighted by Crippen LogP contribution is 2.36. The molecule has 1 fully saturated rings. The molecule has 1 atom stereocenters. The molecule has 0 saturated carbocycles. The van der Waals surface area contributed by atoms with E-state index in [0.29, 0.717) is 30.2 Å². The highest BCUT2D eigenvalue weighted by atomic mass is 32.2.